The SMILES string of the molecule is CC(Cl)(Cl)Cl.ClN(Cl)Cl. The molecule has 0 atom stereocenters. The number of nitrogens with zero attached hydrogens (tertiary/aromatic N) is 1. The maximum Gasteiger partial charge on any atom is 0.187 e. The first-order valence-corrected chi connectivity index (χ1v) is 3.72. The van der Waals surface area contributed by atoms with Crippen LogP contribution in [0.25, 0.3) is 0 Å². The van der Waals surface area contributed by atoms with Crippen LogP contribution in [-0.2, 0) is 0 Å². The number of hydrogen-bond donors (Lipinski definition) is 0. The van der Waals surface area contributed by atoms with Gasteiger partial charge in [-0.25, -0.2) is 0 Å². The van der Waals surface area contributed by atoms with Crippen molar-refractivity contribution >= 4 is 70.1 Å². The molecule has 0 amide bonds. The Morgan fingerprint density at radius 3 is 1.00 bits per heavy atom. The van der Waals surface area contributed by atoms with Gasteiger partial charge in [-0.2, -0.15) is 0 Å². The van der Waals surface area contributed by atoms with Gasteiger partial charge in [-0.1, -0.05) is 34.8 Å². The minimum atomic E-state index is -1.08. The number of halogens is 6. The predicted octanol–water partition coefficient (Wildman–Crippen LogP) is 4.13. The van der Waals surface area contributed by atoms with Crippen molar-refractivity contribution in [3.8, 4) is 0 Å². The molecule has 0 aliphatic rings. The van der Waals surface area contributed by atoms with Crippen LogP contribution in [0.15, 0.2) is 0 Å². The third kappa shape index (κ3) is 199. The maximum atomic E-state index is 5.06. The Morgan fingerprint density at radius 2 is 1.00 bits per heavy atom. The van der Waals surface area contributed by atoms with Crippen LogP contribution in [0.3, 0.4) is 0 Å². The molecule has 0 saturated heterocycles. The summed E-state index contributed by atoms with van der Waals surface area (Å²) in [6.45, 7) is 1.48. The Morgan fingerprint density at radius 1 is 1.00 bits per heavy atom. The summed E-state index contributed by atoms with van der Waals surface area (Å²) in [5.74, 6) is 0. The molecule has 0 aromatic heterocycles. The normalized spacial score (nSPS) is 10.7. The van der Waals surface area contributed by atoms with E-state index in [2.05, 4.69) is 35.3 Å². The molecule has 0 spiro atoms. The van der Waals surface area contributed by atoms with E-state index in [-0.39, 0.29) is 0 Å². The molecule has 0 N–H and O–H groups in total. The molecule has 7 heteroatoms. The minimum absolute atomic E-state index is 0.417. The Kier molecular flexibility index (Phi) is 9.48. The number of alkyl halides is 3. The lowest BCUT2D eigenvalue weighted by molar-refractivity contribution is 1.20. The van der Waals surface area contributed by atoms with Crippen molar-refractivity contribution in [3.05, 3.63) is 0 Å². The van der Waals surface area contributed by atoms with E-state index >= 15 is 0 Å². The second-order valence-corrected chi connectivity index (χ2v) is 5.35. The first-order chi connectivity index (χ1) is 3.73. The van der Waals surface area contributed by atoms with Crippen molar-refractivity contribution in [1.29, 1.82) is 0 Å². The lowest BCUT2D eigenvalue weighted by Gasteiger charge is -1.94. The lowest BCUT2D eigenvalue weighted by atomic mass is 10.9. The third-order valence-electron chi connectivity index (χ3n) is 0. The van der Waals surface area contributed by atoms with E-state index in [0.29, 0.717) is 3.46 Å². The van der Waals surface area contributed by atoms with Gasteiger partial charge in [-0.15, -0.1) is 0 Å². The second kappa shape index (κ2) is 6.41. The van der Waals surface area contributed by atoms with Crippen LogP contribution in [-0.4, -0.2) is 7.25 Å². The van der Waals surface area contributed by atoms with Gasteiger partial charge in [0.05, 0.1) is 0 Å². The summed E-state index contributed by atoms with van der Waals surface area (Å²) < 4.78 is -0.667. The third-order valence-corrected chi connectivity index (χ3v) is 0. The van der Waals surface area contributed by atoms with Crippen LogP contribution in [0.4, 0.5) is 0 Å². The topological polar surface area (TPSA) is 3.24 Å². The molecule has 0 saturated carbocycles. The molecule has 9 heavy (non-hydrogen) atoms. The highest BCUT2D eigenvalue weighted by molar-refractivity contribution is 6.67. The molecule has 1 nitrogen and oxygen atoms in total. The average molecular weight is 254 g/mol. The predicted molar refractivity (Wildman–Crippen MR) is 45.4 cm³/mol. The van der Waals surface area contributed by atoms with E-state index in [9.17, 15) is 0 Å². The zero-order valence-corrected chi connectivity index (χ0v) is 8.75. The zero-order chi connectivity index (χ0) is 8.08. The van der Waals surface area contributed by atoms with Gasteiger partial charge >= 0.3 is 0 Å². The smallest absolute Gasteiger partial charge is 0.0840 e. The Labute approximate surface area is 84.0 Å². The van der Waals surface area contributed by atoms with Crippen LogP contribution >= 0.6 is 70.1 Å². The van der Waals surface area contributed by atoms with Crippen molar-refractivity contribution in [3.63, 3.8) is 0 Å². The zero-order valence-electron chi connectivity index (χ0n) is 4.22. The molecule has 0 rings (SSSR count). The molecule has 0 radical (unpaired) electrons. The van der Waals surface area contributed by atoms with Crippen LogP contribution in [0, 0.1) is 0 Å². The number of hydrogen-bond acceptors (Lipinski definition) is 1. The summed E-state index contributed by atoms with van der Waals surface area (Å²) >= 11 is 29.1. The van der Waals surface area contributed by atoms with Crippen molar-refractivity contribution < 1.29 is 0 Å². The van der Waals surface area contributed by atoms with Crippen molar-refractivity contribution in [1.82, 2.24) is 3.46 Å². The van der Waals surface area contributed by atoms with Gasteiger partial charge in [0.15, 0.2) is 3.79 Å². The van der Waals surface area contributed by atoms with E-state index in [4.69, 9.17) is 34.8 Å². The van der Waals surface area contributed by atoms with Crippen LogP contribution in [0.1, 0.15) is 6.92 Å². The Bertz CT molecular complexity index is 47.8. The van der Waals surface area contributed by atoms with Gasteiger partial charge in [-0.3, -0.25) is 0 Å². The summed E-state index contributed by atoms with van der Waals surface area (Å²) in [4.78, 5) is 0. The first-order valence-electron chi connectivity index (χ1n) is 1.57. The van der Waals surface area contributed by atoms with E-state index < -0.39 is 3.79 Å². The Hall–Kier alpha value is 1.70. The molecular formula is C2H3Cl6N. The molecule has 0 aromatic carbocycles. The standard InChI is InChI=1S/C2H3Cl3.Cl3N/c1-2(3,4)5;1-4(2)3/h1H3;. The molecular weight excluding hydrogens is 251 g/mol. The fraction of sp³-hybridized carbons (Fsp3) is 1.00. The summed E-state index contributed by atoms with van der Waals surface area (Å²) in [5, 5.41) is 0. The first kappa shape index (κ1) is 13.3. The van der Waals surface area contributed by atoms with Crippen LogP contribution in [0.5, 0.6) is 0 Å². The van der Waals surface area contributed by atoms with Crippen molar-refractivity contribution in [2.24, 2.45) is 0 Å². The molecule has 58 valence electrons. The Balaban J connectivity index is 0. The molecule has 0 unspecified atom stereocenters. The van der Waals surface area contributed by atoms with E-state index in [0.717, 1.165) is 0 Å². The van der Waals surface area contributed by atoms with Gasteiger partial charge in [0.1, 0.15) is 0 Å². The van der Waals surface area contributed by atoms with Gasteiger partial charge in [0.2, 0.25) is 0 Å². The van der Waals surface area contributed by atoms with E-state index in [1.165, 1.54) is 6.92 Å². The summed E-state index contributed by atoms with van der Waals surface area (Å²) in [6.07, 6.45) is 0. The van der Waals surface area contributed by atoms with Crippen LogP contribution < -0.4 is 0 Å². The highest BCUT2D eigenvalue weighted by Gasteiger charge is 2.07. The highest BCUT2D eigenvalue weighted by Crippen LogP contribution is 2.23. The summed E-state index contributed by atoms with van der Waals surface area (Å²) in [7, 11) is 0. The molecule has 0 aliphatic heterocycles. The van der Waals surface area contributed by atoms with E-state index in [1.54, 1.807) is 0 Å². The molecule has 0 aromatic rings. The lowest BCUT2D eigenvalue weighted by Crippen LogP contribution is -1.87. The maximum absolute atomic E-state index is 5.06. The van der Waals surface area contributed by atoms with Gasteiger partial charge in [0, 0.05) is 35.3 Å². The van der Waals surface area contributed by atoms with Gasteiger partial charge < -0.3 is 0 Å². The van der Waals surface area contributed by atoms with Crippen molar-refractivity contribution in [2.45, 2.75) is 10.7 Å². The summed E-state index contributed by atoms with van der Waals surface area (Å²) in [5.41, 5.74) is 0. The quantitative estimate of drug-likeness (QED) is 0.464. The molecule has 0 bridgehead atoms. The fourth-order valence-electron chi connectivity index (χ4n) is 0. The highest BCUT2D eigenvalue weighted by atomic mass is 35.6. The van der Waals surface area contributed by atoms with Gasteiger partial charge in [-0.05, 0) is 10.4 Å². The second-order valence-electron chi connectivity index (χ2n) is 0.973. The molecule has 0 heterocycles. The monoisotopic (exact) mass is 251 g/mol. The molecule has 0 aliphatic carbocycles. The van der Waals surface area contributed by atoms with Crippen LogP contribution in [0.2, 0.25) is 0 Å². The molecule has 0 fully saturated rings. The largest absolute Gasteiger partial charge is 0.187 e. The average Bonchev–Trinajstić information content (AvgIpc) is 1.19. The van der Waals surface area contributed by atoms with E-state index in [1.807, 2.05) is 0 Å². The van der Waals surface area contributed by atoms with Crippen molar-refractivity contribution in [2.75, 3.05) is 0 Å². The fourth-order valence-corrected chi connectivity index (χ4v) is 0. The number of rotatable bonds is 0. The van der Waals surface area contributed by atoms with Gasteiger partial charge in [0.25, 0.3) is 0 Å². The summed E-state index contributed by atoms with van der Waals surface area (Å²) in [6, 6.07) is 0. The minimum Gasteiger partial charge on any atom is -0.0840 e.